The van der Waals surface area contributed by atoms with E-state index >= 15 is 0 Å². The minimum atomic E-state index is -0.625. The first-order valence-corrected chi connectivity index (χ1v) is 3.30. The van der Waals surface area contributed by atoms with Crippen LogP contribution in [-0.4, -0.2) is 25.5 Å². The molecule has 1 aliphatic rings. The highest BCUT2D eigenvalue weighted by atomic mass is 16.8. The van der Waals surface area contributed by atoms with Crippen LogP contribution in [0.2, 0.25) is 0 Å². The Bertz CT molecular complexity index is 175. The van der Waals surface area contributed by atoms with Gasteiger partial charge in [-0.1, -0.05) is 6.58 Å². The third-order valence-electron chi connectivity index (χ3n) is 1.17. The molecule has 0 amide bonds. The quantitative estimate of drug-likeness (QED) is 0.455. The van der Waals surface area contributed by atoms with Crippen LogP contribution in [0.1, 0.15) is 6.92 Å². The fourth-order valence-corrected chi connectivity index (χ4v) is 0.682. The molecule has 0 aromatic carbocycles. The molecule has 0 aromatic heterocycles. The molecule has 0 aliphatic carbocycles. The Kier molecular flexibility index (Phi) is 2.36. The van der Waals surface area contributed by atoms with Crippen molar-refractivity contribution in [2.75, 3.05) is 13.2 Å². The molecule has 62 valence electrons. The Balaban J connectivity index is 2.18. The lowest BCUT2D eigenvalue weighted by molar-refractivity contribution is 0.0770. The highest BCUT2D eigenvalue weighted by Gasteiger charge is 2.25. The number of carbonyl (C=O) groups is 1. The van der Waals surface area contributed by atoms with Crippen LogP contribution in [0.25, 0.3) is 0 Å². The minimum Gasteiger partial charge on any atom is -0.495 e. The average Bonchev–Trinajstić information content (AvgIpc) is 2.31. The molecular weight excluding hydrogens is 148 g/mol. The maximum atomic E-state index is 10.4. The largest absolute Gasteiger partial charge is 0.508 e. The summed E-state index contributed by atoms with van der Waals surface area (Å²) >= 11 is 0. The van der Waals surface area contributed by atoms with Gasteiger partial charge in [-0.25, -0.2) is 4.79 Å². The molecule has 4 nitrogen and oxygen atoms in total. The summed E-state index contributed by atoms with van der Waals surface area (Å²) in [6.45, 7) is 5.86. The molecule has 1 fully saturated rings. The summed E-state index contributed by atoms with van der Waals surface area (Å²) in [7, 11) is 0. The topological polar surface area (TPSA) is 44.8 Å². The van der Waals surface area contributed by atoms with Crippen molar-refractivity contribution < 1.29 is 19.0 Å². The van der Waals surface area contributed by atoms with Gasteiger partial charge in [0.2, 0.25) is 0 Å². The Morgan fingerprint density at radius 2 is 2.64 bits per heavy atom. The summed E-state index contributed by atoms with van der Waals surface area (Å²) in [5.41, 5.74) is 0. The predicted molar refractivity (Wildman–Crippen MR) is 37.0 cm³/mol. The molecule has 4 heteroatoms. The third-order valence-corrected chi connectivity index (χ3v) is 1.17. The fourth-order valence-electron chi connectivity index (χ4n) is 0.682. The van der Waals surface area contributed by atoms with Gasteiger partial charge in [-0.2, -0.15) is 0 Å². The first-order valence-electron chi connectivity index (χ1n) is 3.30. The van der Waals surface area contributed by atoms with Gasteiger partial charge >= 0.3 is 6.16 Å². The van der Waals surface area contributed by atoms with Crippen molar-refractivity contribution in [2.24, 2.45) is 0 Å². The summed E-state index contributed by atoms with van der Waals surface area (Å²) in [6, 6.07) is 0. The zero-order chi connectivity index (χ0) is 8.27. The number of rotatable bonds is 3. The predicted octanol–water partition coefficient (Wildman–Crippen LogP) is 1.07. The van der Waals surface area contributed by atoms with Gasteiger partial charge in [-0.05, 0) is 6.92 Å². The van der Waals surface area contributed by atoms with Gasteiger partial charge in [-0.3, -0.25) is 0 Å². The molecule has 0 N–H and O–H groups in total. The van der Waals surface area contributed by atoms with E-state index in [1.807, 2.05) is 0 Å². The van der Waals surface area contributed by atoms with Crippen LogP contribution < -0.4 is 0 Å². The highest BCUT2D eigenvalue weighted by Crippen LogP contribution is 2.07. The van der Waals surface area contributed by atoms with Gasteiger partial charge in [0.25, 0.3) is 0 Å². The van der Waals surface area contributed by atoms with E-state index in [0.717, 1.165) is 0 Å². The lowest BCUT2D eigenvalue weighted by Gasteiger charge is -2.07. The van der Waals surface area contributed by atoms with Gasteiger partial charge in [0, 0.05) is 0 Å². The summed E-state index contributed by atoms with van der Waals surface area (Å²) < 4.78 is 14.2. The van der Waals surface area contributed by atoms with E-state index in [1.165, 1.54) is 0 Å². The van der Waals surface area contributed by atoms with Crippen LogP contribution in [0.3, 0.4) is 0 Å². The van der Waals surface area contributed by atoms with Gasteiger partial charge in [0.05, 0.1) is 5.76 Å². The Morgan fingerprint density at radius 3 is 3.09 bits per heavy atom. The standard InChI is InChI=1S/C7H10O4/c1-5(2)9-3-6-4-10-7(8)11-6/h6H,1,3-4H2,2H3. The molecule has 1 aliphatic heterocycles. The van der Waals surface area contributed by atoms with Crippen molar-refractivity contribution in [3.05, 3.63) is 12.3 Å². The Morgan fingerprint density at radius 1 is 1.91 bits per heavy atom. The summed E-state index contributed by atoms with van der Waals surface area (Å²) in [6.07, 6.45) is -0.903. The van der Waals surface area contributed by atoms with Crippen LogP contribution in [0.5, 0.6) is 0 Å². The molecule has 0 radical (unpaired) electrons. The normalized spacial score (nSPS) is 22.3. The Labute approximate surface area is 64.7 Å². The second-order valence-corrected chi connectivity index (χ2v) is 2.31. The number of cyclic esters (lactones) is 2. The Hall–Kier alpha value is -1.19. The van der Waals surface area contributed by atoms with Gasteiger partial charge in [0.15, 0.2) is 6.10 Å². The van der Waals surface area contributed by atoms with E-state index < -0.39 is 6.16 Å². The van der Waals surface area contributed by atoms with Gasteiger partial charge < -0.3 is 14.2 Å². The van der Waals surface area contributed by atoms with Crippen molar-refractivity contribution in [1.82, 2.24) is 0 Å². The number of allylic oxidation sites excluding steroid dienone is 1. The fraction of sp³-hybridized carbons (Fsp3) is 0.571. The summed E-state index contributed by atoms with van der Waals surface area (Å²) in [5, 5.41) is 0. The lowest BCUT2D eigenvalue weighted by atomic mass is 10.4. The maximum Gasteiger partial charge on any atom is 0.508 e. The number of hydrogen-bond donors (Lipinski definition) is 0. The SMILES string of the molecule is C=C(C)OCC1COC(=O)O1. The molecule has 1 unspecified atom stereocenters. The van der Waals surface area contributed by atoms with Crippen molar-refractivity contribution >= 4 is 6.16 Å². The second kappa shape index (κ2) is 3.27. The highest BCUT2D eigenvalue weighted by molar-refractivity contribution is 5.61. The zero-order valence-corrected chi connectivity index (χ0v) is 6.33. The van der Waals surface area contributed by atoms with Crippen LogP contribution >= 0.6 is 0 Å². The van der Waals surface area contributed by atoms with Crippen LogP contribution in [0, 0.1) is 0 Å². The maximum absolute atomic E-state index is 10.4. The minimum absolute atomic E-state index is 0.270. The molecule has 0 spiro atoms. The van der Waals surface area contributed by atoms with Gasteiger partial charge in [0.1, 0.15) is 13.2 Å². The monoisotopic (exact) mass is 158 g/mol. The molecule has 0 saturated carbocycles. The molecule has 1 saturated heterocycles. The van der Waals surface area contributed by atoms with Crippen molar-refractivity contribution in [1.29, 1.82) is 0 Å². The first-order chi connectivity index (χ1) is 5.18. The molecular formula is C7H10O4. The van der Waals surface area contributed by atoms with E-state index in [-0.39, 0.29) is 12.7 Å². The molecule has 0 bridgehead atoms. The van der Waals surface area contributed by atoms with Gasteiger partial charge in [-0.15, -0.1) is 0 Å². The van der Waals surface area contributed by atoms with E-state index in [0.29, 0.717) is 12.4 Å². The van der Waals surface area contributed by atoms with Crippen LogP contribution in [-0.2, 0) is 14.2 Å². The van der Waals surface area contributed by atoms with Crippen molar-refractivity contribution in [3.8, 4) is 0 Å². The van der Waals surface area contributed by atoms with E-state index in [9.17, 15) is 4.79 Å². The van der Waals surface area contributed by atoms with Crippen molar-refractivity contribution in [3.63, 3.8) is 0 Å². The molecule has 1 heterocycles. The van der Waals surface area contributed by atoms with E-state index in [2.05, 4.69) is 16.1 Å². The second-order valence-electron chi connectivity index (χ2n) is 2.31. The molecule has 1 rings (SSSR count). The van der Waals surface area contributed by atoms with E-state index in [1.54, 1.807) is 6.92 Å². The summed E-state index contributed by atoms with van der Waals surface area (Å²) in [4.78, 5) is 10.4. The smallest absolute Gasteiger partial charge is 0.495 e. The first kappa shape index (κ1) is 7.91. The lowest BCUT2D eigenvalue weighted by Crippen LogP contribution is -2.17. The molecule has 1 atom stereocenters. The van der Waals surface area contributed by atoms with E-state index in [4.69, 9.17) is 4.74 Å². The van der Waals surface area contributed by atoms with Crippen molar-refractivity contribution in [2.45, 2.75) is 13.0 Å². The molecule has 11 heavy (non-hydrogen) atoms. The number of ether oxygens (including phenoxy) is 3. The molecule has 0 aromatic rings. The van der Waals surface area contributed by atoms with Crippen LogP contribution in [0.15, 0.2) is 12.3 Å². The summed E-state index contributed by atoms with van der Waals surface area (Å²) in [5.74, 6) is 0.605. The zero-order valence-electron chi connectivity index (χ0n) is 6.33. The third kappa shape index (κ3) is 2.49. The van der Waals surface area contributed by atoms with Crippen LogP contribution in [0.4, 0.5) is 4.79 Å². The number of carbonyl (C=O) groups excluding carboxylic acids is 1. The average molecular weight is 158 g/mol. The number of hydrogen-bond acceptors (Lipinski definition) is 4.